The maximum absolute atomic E-state index is 12.3. The zero-order valence-corrected chi connectivity index (χ0v) is 11.3. The van der Waals surface area contributed by atoms with E-state index in [2.05, 4.69) is 0 Å². The molecular formula is C14H12ClNO4. The van der Waals surface area contributed by atoms with Gasteiger partial charge in [0.1, 0.15) is 0 Å². The Morgan fingerprint density at radius 3 is 2.35 bits per heavy atom. The fraction of sp³-hybridized carbons (Fsp3) is 0.357. The van der Waals surface area contributed by atoms with Crippen molar-refractivity contribution in [2.75, 3.05) is 4.90 Å². The molecule has 1 aromatic carbocycles. The highest BCUT2D eigenvalue weighted by Gasteiger charge is 2.46. The molecular weight excluding hydrogens is 282 g/mol. The second-order valence-corrected chi connectivity index (χ2v) is 5.62. The Bertz CT molecular complexity index is 606. The molecule has 2 amide bonds. The minimum atomic E-state index is -1.19. The quantitative estimate of drug-likeness (QED) is 0.849. The zero-order chi connectivity index (χ0) is 14.4. The molecule has 5 nitrogen and oxygen atoms in total. The van der Waals surface area contributed by atoms with Crippen molar-refractivity contribution in [1.29, 1.82) is 0 Å². The first-order valence-corrected chi connectivity index (χ1v) is 6.77. The minimum Gasteiger partial charge on any atom is -0.478 e. The van der Waals surface area contributed by atoms with Crippen LogP contribution in [0.4, 0.5) is 5.69 Å². The molecule has 1 N–H and O–H groups in total. The second-order valence-electron chi connectivity index (χ2n) is 5.19. The number of carbonyl (C=O) groups is 3. The van der Waals surface area contributed by atoms with Crippen LogP contribution < -0.4 is 4.90 Å². The van der Waals surface area contributed by atoms with E-state index in [0.717, 1.165) is 4.90 Å². The van der Waals surface area contributed by atoms with E-state index in [1.807, 2.05) is 0 Å². The van der Waals surface area contributed by atoms with Gasteiger partial charge >= 0.3 is 5.97 Å². The lowest BCUT2D eigenvalue weighted by Gasteiger charge is -2.30. The van der Waals surface area contributed by atoms with E-state index in [-0.39, 0.29) is 34.9 Å². The van der Waals surface area contributed by atoms with Gasteiger partial charge in [0.25, 0.3) is 0 Å². The van der Waals surface area contributed by atoms with Crippen molar-refractivity contribution in [3.63, 3.8) is 0 Å². The van der Waals surface area contributed by atoms with E-state index in [4.69, 9.17) is 11.6 Å². The van der Waals surface area contributed by atoms with Crippen LogP contribution in [0.25, 0.3) is 0 Å². The van der Waals surface area contributed by atoms with Crippen molar-refractivity contribution >= 4 is 35.1 Å². The third-order valence-electron chi connectivity index (χ3n) is 4.00. The Kier molecular flexibility index (Phi) is 3.01. The highest BCUT2D eigenvalue weighted by Crippen LogP contribution is 2.41. The first-order valence-electron chi connectivity index (χ1n) is 6.39. The van der Waals surface area contributed by atoms with Crippen LogP contribution in [0.1, 0.15) is 29.6 Å². The monoisotopic (exact) mass is 293 g/mol. The molecule has 104 valence electrons. The molecule has 20 heavy (non-hydrogen) atoms. The molecule has 2 bridgehead atoms. The third kappa shape index (κ3) is 1.89. The molecule has 0 aromatic heterocycles. The number of nitrogens with zero attached hydrogens (tertiary/aromatic N) is 1. The fourth-order valence-electron chi connectivity index (χ4n) is 3.01. The summed E-state index contributed by atoms with van der Waals surface area (Å²) >= 11 is 5.88. The lowest BCUT2D eigenvalue weighted by molar-refractivity contribution is -0.132. The summed E-state index contributed by atoms with van der Waals surface area (Å²) in [4.78, 5) is 37.0. The molecule has 3 rings (SSSR count). The number of rotatable bonds is 2. The molecule has 2 unspecified atom stereocenters. The van der Waals surface area contributed by atoms with E-state index < -0.39 is 5.97 Å². The summed E-state index contributed by atoms with van der Waals surface area (Å²) in [5.41, 5.74) is -0.00556. The summed E-state index contributed by atoms with van der Waals surface area (Å²) in [5.74, 6) is -2.17. The number of hydrogen-bond donors (Lipinski definition) is 1. The van der Waals surface area contributed by atoms with Crippen LogP contribution in [0.2, 0.25) is 5.02 Å². The van der Waals surface area contributed by atoms with Gasteiger partial charge in [-0.2, -0.15) is 0 Å². The van der Waals surface area contributed by atoms with Crippen molar-refractivity contribution in [3.05, 3.63) is 28.8 Å². The molecule has 0 spiro atoms. The summed E-state index contributed by atoms with van der Waals surface area (Å²) in [5, 5.41) is 9.51. The lowest BCUT2D eigenvalue weighted by Crippen LogP contribution is -2.47. The first-order chi connectivity index (χ1) is 9.49. The van der Waals surface area contributed by atoms with Crippen LogP contribution in [0, 0.1) is 11.8 Å². The summed E-state index contributed by atoms with van der Waals surface area (Å²) in [7, 11) is 0. The van der Waals surface area contributed by atoms with Crippen molar-refractivity contribution in [3.8, 4) is 0 Å². The number of piperidine rings is 1. The Morgan fingerprint density at radius 2 is 1.80 bits per heavy atom. The predicted molar refractivity (Wildman–Crippen MR) is 71.7 cm³/mol. The van der Waals surface area contributed by atoms with Gasteiger partial charge in [0.15, 0.2) is 0 Å². The summed E-state index contributed by atoms with van der Waals surface area (Å²) < 4.78 is 0. The SMILES string of the molecule is O=C(O)c1ccc(Cl)cc1N1C(=O)C2CCC(C2)C1=O. The minimum absolute atomic E-state index is 0.0802. The maximum Gasteiger partial charge on any atom is 0.337 e. The molecule has 1 saturated carbocycles. The number of aromatic carboxylic acids is 1. The van der Waals surface area contributed by atoms with Gasteiger partial charge in [0, 0.05) is 16.9 Å². The van der Waals surface area contributed by atoms with Gasteiger partial charge in [-0.15, -0.1) is 0 Å². The summed E-state index contributed by atoms with van der Waals surface area (Å²) in [6.07, 6.45) is 1.96. The highest BCUT2D eigenvalue weighted by molar-refractivity contribution is 6.31. The van der Waals surface area contributed by atoms with E-state index in [1.165, 1.54) is 18.2 Å². The van der Waals surface area contributed by atoms with Gasteiger partial charge in [-0.1, -0.05) is 11.6 Å². The Labute approximate surface area is 120 Å². The van der Waals surface area contributed by atoms with Gasteiger partial charge < -0.3 is 5.11 Å². The molecule has 2 aliphatic rings. The number of halogens is 1. The van der Waals surface area contributed by atoms with Gasteiger partial charge in [-0.05, 0) is 37.5 Å². The number of amides is 2. The predicted octanol–water partition coefficient (Wildman–Crippen LogP) is 2.33. The standard InChI is InChI=1S/C14H12ClNO4/c15-9-3-4-10(14(19)20)11(6-9)16-12(17)7-1-2-8(5-7)13(16)18/h3-4,6-8H,1-2,5H2,(H,19,20). The molecule has 1 aliphatic heterocycles. The van der Waals surface area contributed by atoms with Crippen LogP contribution >= 0.6 is 11.6 Å². The van der Waals surface area contributed by atoms with Crippen molar-refractivity contribution in [2.24, 2.45) is 11.8 Å². The Balaban J connectivity index is 2.12. The van der Waals surface area contributed by atoms with Crippen LogP contribution in [-0.2, 0) is 9.59 Å². The fourth-order valence-corrected chi connectivity index (χ4v) is 3.18. The number of hydrogen-bond acceptors (Lipinski definition) is 3. The second kappa shape index (κ2) is 4.59. The first kappa shape index (κ1) is 13.1. The molecule has 1 saturated heterocycles. The summed E-state index contributed by atoms with van der Waals surface area (Å²) in [6.45, 7) is 0. The van der Waals surface area contributed by atoms with E-state index in [1.54, 1.807) is 0 Å². The molecule has 1 heterocycles. The van der Waals surface area contributed by atoms with E-state index in [9.17, 15) is 19.5 Å². The van der Waals surface area contributed by atoms with Gasteiger partial charge in [-0.3, -0.25) is 9.59 Å². The number of benzene rings is 1. The maximum atomic E-state index is 12.3. The average Bonchev–Trinajstić information content (AvgIpc) is 2.83. The Morgan fingerprint density at radius 1 is 1.20 bits per heavy atom. The number of fused-ring (bicyclic) bond motifs is 2. The molecule has 0 radical (unpaired) electrons. The molecule has 1 aromatic rings. The molecule has 1 aliphatic carbocycles. The van der Waals surface area contributed by atoms with Crippen molar-refractivity contribution in [2.45, 2.75) is 19.3 Å². The largest absolute Gasteiger partial charge is 0.478 e. The lowest BCUT2D eigenvalue weighted by atomic mass is 9.95. The van der Waals surface area contributed by atoms with E-state index >= 15 is 0 Å². The van der Waals surface area contributed by atoms with Crippen LogP contribution in [0.3, 0.4) is 0 Å². The van der Waals surface area contributed by atoms with Crippen LogP contribution in [-0.4, -0.2) is 22.9 Å². The van der Waals surface area contributed by atoms with Gasteiger partial charge in [0.05, 0.1) is 11.3 Å². The smallest absolute Gasteiger partial charge is 0.337 e. The summed E-state index contributed by atoms with van der Waals surface area (Å²) in [6, 6.07) is 4.12. The molecule has 2 atom stereocenters. The normalized spacial score (nSPS) is 25.1. The van der Waals surface area contributed by atoms with Gasteiger partial charge in [0.2, 0.25) is 11.8 Å². The van der Waals surface area contributed by atoms with Crippen LogP contribution in [0.5, 0.6) is 0 Å². The van der Waals surface area contributed by atoms with Crippen molar-refractivity contribution in [1.82, 2.24) is 0 Å². The Hall–Kier alpha value is -1.88. The highest BCUT2D eigenvalue weighted by atomic mass is 35.5. The molecule has 2 fully saturated rings. The number of carboxylic acid groups (broad SMARTS) is 1. The number of imide groups is 1. The number of anilines is 1. The molecule has 6 heteroatoms. The number of carboxylic acids is 1. The van der Waals surface area contributed by atoms with Crippen molar-refractivity contribution < 1.29 is 19.5 Å². The topological polar surface area (TPSA) is 74.7 Å². The zero-order valence-electron chi connectivity index (χ0n) is 10.5. The van der Waals surface area contributed by atoms with E-state index in [0.29, 0.717) is 24.3 Å². The van der Waals surface area contributed by atoms with Crippen LogP contribution in [0.15, 0.2) is 18.2 Å². The third-order valence-corrected chi connectivity index (χ3v) is 4.24. The average molecular weight is 294 g/mol. The number of carbonyl (C=O) groups excluding carboxylic acids is 2. The van der Waals surface area contributed by atoms with Gasteiger partial charge in [-0.25, -0.2) is 9.69 Å².